The van der Waals surface area contributed by atoms with Crippen LogP contribution in [0.3, 0.4) is 0 Å². The molecule has 16 heavy (non-hydrogen) atoms. The van der Waals surface area contributed by atoms with Crippen LogP contribution in [0.4, 0.5) is 0 Å². The molecule has 1 atom stereocenters. The summed E-state index contributed by atoms with van der Waals surface area (Å²) in [5, 5.41) is 0.355. The third-order valence-corrected chi connectivity index (χ3v) is 6.28. The number of nitrogens with zero attached hydrogens (tertiary/aromatic N) is 1. The lowest BCUT2D eigenvalue weighted by molar-refractivity contribution is 0.851. The van der Waals surface area contributed by atoms with Gasteiger partial charge in [0.15, 0.2) is 0 Å². The third-order valence-electron chi connectivity index (χ3n) is 2.41. The highest BCUT2D eigenvalue weighted by Gasteiger charge is 2.20. The summed E-state index contributed by atoms with van der Waals surface area (Å²) in [5.74, 6) is 4.26. The molecule has 1 saturated heterocycles. The topological polar surface area (TPSA) is 45.8 Å². The molecule has 0 bridgehead atoms. The van der Waals surface area contributed by atoms with Crippen LogP contribution in [-0.2, 0) is 6.42 Å². The van der Waals surface area contributed by atoms with Crippen molar-refractivity contribution in [2.24, 2.45) is 0 Å². The van der Waals surface area contributed by atoms with Gasteiger partial charge in [0.05, 0.1) is 14.5 Å². The van der Waals surface area contributed by atoms with E-state index in [4.69, 9.17) is 0 Å². The maximum Gasteiger partial charge on any atom is 0.264 e. The Hall–Kier alpha value is 0.310. The largest absolute Gasteiger partial charge is 0.309 e. The minimum atomic E-state index is 0.0126. The van der Waals surface area contributed by atoms with Crippen molar-refractivity contribution in [3.05, 3.63) is 25.4 Å². The standard InChI is InChI=1S/C10H13IN2OS2/c1-2-6-8(11)10(14)13-9(12-6)7-5-15-3-4-16-7/h7H,2-5H2,1H3,(H,12,13,14). The highest BCUT2D eigenvalue weighted by molar-refractivity contribution is 14.1. The number of thioether (sulfide) groups is 2. The molecular weight excluding hydrogens is 355 g/mol. The number of halogens is 1. The van der Waals surface area contributed by atoms with E-state index in [1.807, 2.05) is 30.4 Å². The lowest BCUT2D eigenvalue weighted by Gasteiger charge is -2.20. The van der Waals surface area contributed by atoms with E-state index >= 15 is 0 Å². The summed E-state index contributed by atoms with van der Waals surface area (Å²) in [6.07, 6.45) is 0.819. The fourth-order valence-corrected chi connectivity index (χ4v) is 4.82. The summed E-state index contributed by atoms with van der Waals surface area (Å²) in [6, 6.07) is 0. The van der Waals surface area contributed by atoms with E-state index in [-0.39, 0.29) is 5.56 Å². The van der Waals surface area contributed by atoms with Gasteiger partial charge in [0.25, 0.3) is 5.56 Å². The average Bonchev–Trinajstić information content (AvgIpc) is 2.33. The molecule has 0 saturated carbocycles. The molecule has 1 aromatic heterocycles. The molecule has 3 nitrogen and oxygen atoms in total. The van der Waals surface area contributed by atoms with Crippen molar-refractivity contribution < 1.29 is 0 Å². The summed E-state index contributed by atoms with van der Waals surface area (Å²) < 4.78 is 0.734. The summed E-state index contributed by atoms with van der Waals surface area (Å²) in [5.41, 5.74) is 0.939. The van der Waals surface area contributed by atoms with E-state index in [1.54, 1.807) is 0 Å². The van der Waals surface area contributed by atoms with Gasteiger partial charge in [-0.05, 0) is 29.0 Å². The summed E-state index contributed by atoms with van der Waals surface area (Å²) in [7, 11) is 0. The van der Waals surface area contributed by atoms with Crippen LogP contribution < -0.4 is 5.56 Å². The Balaban J connectivity index is 2.33. The van der Waals surface area contributed by atoms with Gasteiger partial charge >= 0.3 is 0 Å². The third kappa shape index (κ3) is 2.76. The molecule has 0 aliphatic carbocycles. The van der Waals surface area contributed by atoms with Gasteiger partial charge < -0.3 is 4.98 Å². The molecule has 1 N–H and O–H groups in total. The Labute approximate surface area is 117 Å². The molecule has 0 aromatic carbocycles. The minimum Gasteiger partial charge on any atom is -0.309 e. The van der Waals surface area contributed by atoms with Crippen molar-refractivity contribution in [2.75, 3.05) is 17.3 Å². The molecule has 88 valence electrons. The number of H-pyrrole nitrogens is 1. The van der Waals surface area contributed by atoms with Crippen LogP contribution in [0.25, 0.3) is 0 Å². The molecule has 0 spiro atoms. The van der Waals surface area contributed by atoms with E-state index in [0.717, 1.165) is 33.0 Å². The second-order valence-corrected chi connectivity index (χ2v) is 7.04. The van der Waals surface area contributed by atoms with E-state index < -0.39 is 0 Å². The summed E-state index contributed by atoms with van der Waals surface area (Å²) in [4.78, 5) is 19.2. The van der Waals surface area contributed by atoms with Crippen molar-refractivity contribution in [2.45, 2.75) is 18.6 Å². The van der Waals surface area contributed by atoms with Gasteiger partial charge in [-0.15, -0.1) is 11.8 Å². The molecule has 0 amide bonds. The number of hydrogen-bond donors (Lipinski definition) is 1. The second kappa shape index (κ2) is 5.77. The van der Waals surface area contributed by atoms with E-state index in [9.17, 15) is 4.79 Å². The van der Waals surface area contributed by atoms with Crippen LogP contribution >= 0.6 is 46.1 Å². The zero-order valence-electron chi connectivity index (χ0n) is 8.96. The van der Waals surface area contributed by atoms with Gasteiger partial charge in [0.1, 0.15) is 5.82 Å². The molecule has 1 fully saturated rings. The van der Waals surface area contributed by atoms with Crippen molar-refractivity contribution in [1.29, 1.82) is 0 Å². The smallest absolute Gasteiger partial charge is 0.264 e. The zero-order chi connectivity index (χ0) is 11.5. The van der Waals surface area contributed by atoms with Crippen molar-refractivity contribution in [3.63, 3.8) is 0 Å². The Morgan fingerprint density at radius 1 is 1.56 bits per heavy atom. The van der Waals surface area contributed by atoms with E-state index in [1.165, 1.54) is 5.75 Å². The van der Waals surface area contributed by atoms with Gasteiger partial charge in [0.2, 0.25) is 0 Å². The number of rotatable bonds is 2. The highest BCUT2D eigenvalue weighted by Crippen LogP contribution is 2.34. The number of aromatic amines is 1. The Bertz CT molecular complexity index is 429. The Morgan fingerprint density at radius 3 is 3.00 bits per heavy atom. The molecule has 1 unspecified atom stereocenters. The second-order valence-electron chi connectivity index (χ2n) is 3.50. The van der Waals surface area contributed by atoms with Gasteiger partial charge in [-0.25, -0.2) is 4.98 Å². The fraction of sp³-hybridized carbons (Fsp3) is 0.600. The molecule has 1 aromatic rings. The van der Waals surface area contributed by atoms with Gasteiger partial charge in [-0.3, -0.25) is 4.79 Å². The number of aromatic nitrogens is 2. The summed E-state index contributed by atoms with van der Waals surface area (Å²) in [6.45, 7) is 2.04. The SMILES string of the molecule is CCc1nc(C2CSCCS2)[nH]c(=O)c1I. The van der Waals surface area contributed by atoms with E-state index in [0.29, 0.717) is 5.25 Å². The van der Waals surface area contributed by atoms with Gasteiger partial charge in [-0.2, -0.15) is 11.8 Å². The Morgan fingerprint density at radius 2 is 2.38 bits per heavy atom. The molecule has 6 heteroatoms. The number of hydrogen-bond acceptors (Lipinski definition) is 4. The molecule has 1 aliphatic rings. The quantitative estimate of drug-likeness (QED) is 0.815. The van der Waals surface area contributed by atoms with Gasteiger partial charge in [-0.1, -0.05) is 6.92 Å². The maximum atomic E-state index is 11.7. The molecule has 1 aliphatic heterocycles. The first kappa shape index (κ1) is 12.8. The average molecular weight is 368 g/mol. The van der Waals surface area contributed by atoms with E-state index in [2.05, 4.69) is 32.6 Å². The first-order valence-corrected chi connectivity index (χ1v) is 8.48. The van der Waals surface area contributed by atoms with Crippen LogP contribution in [0.1, 0.15) is 23.7 Å². The normalized spacial score (nSPS) is 21.0. The minimum absolute atomic E-state index is 0.0126. The lowest BCUT2D eigenvalue weighted by atomic mass is 10.3. The molecular formula is C10H13IN2OS2. The first-order chi connectivity index (χ1) is 7.72. The Kier molecular flexibility index (Phi) is 4.60. The van der Waals surface area contributed by atoms with Crippen molar-refractivity contribution in [1.82, 2.24) is 9.97 Å². The fourth-order valence-electron chi connectivity index (χ4n) is 1.56. The number of aryl methyl sites for hydroxylation is 1. The van der Waals surface area contributed by atoms with Crippen LogP contribution in [0.15, 0.2) is 4.79 Å². The first-order valence-electron chi connectivity index (χ1n) is 5.20. The van der Waals surface area contributed by atoms with Crippen LogP contribution in [-0.4, -0.2) is 27.2 Å². The van der Waals surface area contributed by atoms with Crippen LogP contribution in [0, 0.1) is 3.57 Å². The molecule has 2 heterocycles. The number of nitrogens with one attached hydrogen (secondary N) is 1. The highest BCUT2D eigenvalue weighted by atomic mass is 127. The monoisotopic (exact) mass is 368 g/mol. The summed E-state index contributed by atoms with van der Waals surface area (Å²) >= 11 is 5.90. The molecule has 2 rings (SSSR count). The predicted octanol–water partition coefficient (Wildman–Crippen LogP) is 2.46. The maximum absolute atomic E-state index is 11.7. The zero-order valence-corrected chi connectivity index (χ0v) is 12.7. The van der Waals surface area contributed by atoms with Crippen molar-refractivity contribution in [3.8, 4) is 0 Å². The molecule has 0 radical (unpaired) electrons. The van der Waals surface area contributed by atoms with Crippen molar-refractivity contribution >= 4 is 46.1 Å². The predicted molar refractivity (Wildman–Crippen MR) is 79.5 cm³/mol. The lowest BCUT2D eigenvalue weighted by Crippen LogP contribution is -2.21. The van der Waals surface area contributed by atoms with Crippen LogP contribution in [0.5, 0.6) is 0 Å². The van der Waals surface area contributed by atoms with Crippen LogP contribution in [0.2, 0.25) is 0 Å². The van der Waals surface area contributed by atoms with Gasteiger partial charge in [0, 0.05) is 17.3 Å².